The minimum absolute atomic E-state index is 0.263. The predicted molar refractivity (Wildman–Crippen MR) is 68.0 cm³/mol. The Morgan fingerprint density at radius 3 is 2.43 bits per heavy atom. The van der Waals surface area contributed by atoms with Gasteiger partial charge < -0.3 is 5.11 Å². The first-order valence-electron chi connectivity index (χ1n) is 5.91. The fraction of sp³-hybridized carbons (Fsp3) is 0.417. The molecule has 0 aromatic heterocycles. The zero-order valence-corrected chi connectivity index (χ0v) is 11.8. The number of alkyl halides is 3. The number of rotatable bonds is 6. The number of carboxylic acid groups (broad SMARTS) is 1. The first-order chi connectivity index (χ1) is 9.54. The Labute approximate surface area is 119 Å². The van der Waals surface area contributed by atoms with Crippen LogP contribution in [0.1, 0.15) is 18.9 Å². The molecule has 0 aliphatic rings. The average molecular weight is 325 g/mol. The normalized spacial score (nSPS) is 13.9. The van der Waals surface area contributed by atoms with E-state index in [2.05, 4.69) is 0 Å². The van der Waals surface area contributed by atoms with E-state index in [4.69, 9.17) is 5.11 Å². The van der Waals surface area contributed by atoms with Gasteiger partial charge in [0.05, 0.1) is 10.5 Å². The van der Waals surface area contributed by atoms with Crippen LogP contribution in [0.25, 0.3) is 0 Å². The molecule has 2 N–H and O–H groups in total. The molecular weight excluding hydrogens is 311 g/mol. The summed E-state index contributed by atoms with van der Waals surface area (Å²) < 4.78 is 64.2. The highest BCUT2D eigenvalue weighted by Gasteiger charge is 2.36. The zero-order chi connectivity index (χ0) is 16.3. The molecule has 0 saturated heterocycles. The number of aliphatic carboxylic acids is 1. The molecule has 0 aliphatic heterocycles. The summed E-state index contributed by atoms with van der Waals surface area (Å²) in [4.78, 5) is 9.59. The summed E-state index contributed by atoms with van der Waals surface area (Å²) in [5.41, 5.74) is -1.26. The molecule has 0 fully saturated rings. The van der Waals surface area contributed by atoms with Crippen LogP contribution in [0.15, 0.2) is 29.2 Å². The monoisotopic (exact) mass is 325 g/mol. The summed E-state index contributed by atoms with van der Waals surface area (Å²) in [6.45, 7) is 1.22. The Kier molecular flexibility index (Phi) is 5.35. The maximum Gasteiger partial charge on any atom is 0.417 e. The lowest BCUT2D eigenvalue weighted by molar-refractivity contribution is -0.140. The molecule has 1 aromatic rings. The van der Waals surface area contributed by atoms with Gasteiger partial charge in [-0.05, 0) is 18.1 Å². The minimum atomic E-state index is -4.79. The van der Waals surface area contributed by atoms with Gasteiger partial charge in [-0.2, -0.15) is 13.2 Å². The molecule has 9 heteroatoms. The molecule has 118 valence electrons. The first kappa shape index (κ1) is 17.4. The van der Waals surface area contributed by atoms with Crippen molar-refractivity contribution in [2.45, 2.75) is 24.4 Å². The van der Waals surface area contributed by atoms with E-state index < -0.39 is 38.5 Å². The standard InChI is InChI=1S/C12H14F3NO4S/c1-8(6-11(17)18)7-16-21(19,20)10-5-3-2-4-9(10)12(13,14)15/h2-5,8,16H,6-7H2,1H3,(H,17,18). The topological polar surface area (TPSA) is 83.5 Å². The summed E-state index contributed by atoms with van der Waals surface area (Å²) in [7, 11) is -4.37. The lowest BCUT2D eigenvalue weighted by atomic mass is 10.1. The van der Waals surface area contributed by atoms with E-state index in [9.17, 15) is 26.4 Å². The van der Waals surface area contributed by atoms with Gasteiger partial charge in [0.2, 0.25) is 10.0 Å². The van der Waals surface area contributed by atoms with Gasteiger partial charge in [0, 0.05) is 13.0 Å². The van der Waals surface area contributed by atoms with E-state index >= 15 is 0 Å². The van der Waals surface area contributed by atoms with Crippen LogP contribution in [-0.4, -0.2) is 26.0 Å². The SMILES string of the molecule is CC(CNS(=O)(=O)c1ccccc1C(F)(F)F)CC(=O)O. The number of hydrogen-bond acceptors (Lipinski definition) is 3. The Morgan fingerprint density at radius 1 is 1.33 bits per heavy atom. The van der Waals surface area contributed by atoms with Crippen molar-refractivity contribution in [3.05, 3.63) is 29.8 Å². The lowest BCUT2D eigenvalue weighted by Gasteiger charge is -2.15. The number of carbonyl (C=O) groups is 1. The molecule has 1 rings (SSSR count). The zero-order valence-electron chi connectivity index (χ0n) is 11.0. The van der Waals surface area contributed by atoms with Crippen LogP contribution in [0.5, 0.6) is 0 Å². The minimum Gasteiger partial charge on any atom is -0.481 e. The maximum absolute atomic E-state index is 12.8. The second-order valence-corrected chi connectivity index (χ2v) is 6.28. The van der Waals surface area contributed by atoms with Gasteiger partial charge >= 0.3 is 12.1 Å². The van der Waals surface area contributed by atoms with Crippen LogP contribution in [0, 0.1) is 5.92 Å². The number of halogens is 3. The van der Waals surface area contributed by atoms with E-state index in [0.717, 1.165) is 12.1 Å². The van der Waals surface area contributed by atoms with E-state index in [0.29, 0.717) is 6.07 Å². The summed E-state index contributed by atoms with van der Waals surface area (Å²) in [6, 6.07) is 3.81. The van der Waals surface area contributed by atoms with E-state index in [1.165, 1.54) is 13.0 Å². The maximum atomic E-state index is 12.8. The number of nitrogens with one attached hydrogen (secondary N) is 1. The Balaban J connectivity index is 2.97. The summed E-state index contributed by atoms with van der Waals surface area (Å²) in [6.07, 6.45) is -5.08. The third-order valence-electron chi connectivity index (χ3n) is 2.63. The largest absolute Gasteiger partial charge is 0.481 e. The Morgan fingerprint density at radius 2 is 1.90 bits per heavy atom. The van der Waals surface area contributed by atoms with Crippen molar-refractivity contribution < 1.29 is 31.5 Å². The highest BCUT2D eigenvalue weighted by Crippen LogP contribution is 2.33. The highest BCUT2D eigenvalue weighted by atomic mass is 32.2. The molecular formula is C12H14F3NO4S. The fourth-order valence-electron chi connectivity index (χ4n) is 1.64. The second kappa shape index (κ2) is 6.44. The van der Waals surface area contributed by atoms with Gasteiger partial charge in [-0.15, -0.1) is 0 Å². The van der Waals surface area contributed by atoms with Crippen molar-refractivity contribution in [1.82, 2.24) is 4.72 Å². The van der Waals surface area contributed by atoms with Crippen LogP contribution < -0.4 is 4.72 Å². The van der Waals surface area contributed by atoms with E-state index in [-0.39, 0.29) is 13.0 Å². The van der Waals surface area contributed by atoms with Crippen molar-refractivity contribution in [2.24, 2.45) is 5.92 Å². The number of hydrogen-bond donors (Lipinski definition) is 2. The summed E-state index contributed by atoms with van der Waals surface area (Å²) >= 11 is 0. The smallest absolute Gasteiger partial charge is 0.417 e. The molecule has 1 unspecified atom stereocenters. The molecule has 0 spiro atoms. The van der Waals surface area contributed by atoms with Crippen molar-refractivity contribution >= 4 is 16.0 Å². The molecule has 0 heterocycles. The van der Waals surface area contributed by atoms with Gasteiger partial charge in [-0.3, -0.25) is 4.79 Å². The molecule has 0 amide bonds. The Hall–Kier alpha value is -1.61. The number of carboxylic acids is 1. The van der Waals surface area contributed by atoms with Gasteiger partial charge in [0.1, 0.15) is 0 Å². The number of sulfonamides is 1. The third kappa shape index (κ3) is 5.01. The van der Waals surface area contributed by atoms with Crippen molar-refractivity contribution in [2.75, 3.05) is 6.54 Å². The summed E-state index contributed by atoms with van der Waals surface area (Å²) in [5, 5.41) is 8.56. The molecule has 0 aliphatic carbocycles. The molecule has 0 bridgehead atoms. The van der Waals surface area contributed by atoms with Gasteiger partial charge in [0.15, 0.2) is 0 Å². The Bertz CT molecular complexity index is 613. The highest BCUT2D eigenvalue weighted by molar-refractivity contribution is 7.89. The van der Waals surface area contributed by atoms with Crippen molar-refractivity contribution in [3.8, 4) is 0 Å². The van der Waals surface area contributed by atoms with Gasteiger partial charge in [-0.1, -0.05) is 19.1 Å². The average Bonchev–Trinajstić information content (AvgIpc) is 2.35. The van der Waals surface area contributed by atoms with E-state index in [1.54, 1.807) is 0 Å². The van der Waals surface area contributed by atoms with Gasteiger partial charge in [-0.25, -0.2) is 13.1 Å². The quantitative estimate of drug-likeness (QED) is 0.839. The molecule has 0 radical (unpaired) electrons. The molecule has 0 saturated carbocycles. The van der Waals surface area contributed by atoms with Gasteiger partial charge in [0.25, 0.3) is 0 Å². The number of benzene rings is 1. The molecule has 5 nitrogen and oxygen atoms in total. The van der Waals surface area contributed by atoms with Crippen LogP contribution in [-0.2, 0) is 21.0 Å². The van der Waals surface area contributed by atoms with E-state index in [1.807, 2.05) is 4.72 Å². The molecule has 21 heavy (non-hydrogen) atoms. The van der Waals surface area contributed by atoms with Crippen LogP contribution >= 0.6 is 0 Å². The lowest BCUT2D eigenvalue weighted by Crippen LogP contribution is -2.30. The third-order valence-corrected chi connectivity index (χ3v) is 4.11. The van der Waals surface area contributed by atoms with Crippen molar-refractivity contribution in [1.29, 1.82) is 0 Å². The van der Waals surface area contributed by atoms with Crippen molar-refractivity contribution in [3.63, 3.8) is 0 Å². The van der Waals surface area contributed by atoms with Crippen LogP contribution in [0.3, 0.4) is 0 Å². The van der Waals surface area contributed by atoms with Crippen LogP contribution in [0.2, 0.25) is 0 Å². The summed E-state index contributed by atoms with van der Waals surface area (Å²) in [5.74, 6) is -1.66. The molecule has 1 aromatic carbocycles. The fourth-order valence-corrected chi connectivity index (χ4v) is 3.03. The second-order valence-electron chi connectivity index (χ2n) is 4.55. The predicted octanol–water partition coefficient (Wildman–Crippen LogP) is 2.09. The first-order valence-corrected chi connectivity index (χ1v) is 7.40. The molecule has 1 atom stereocenters. The van der Waals surface area contributed by atoms with Crippen LogP contribution in [0.4, 0.5) is 13.2 Å².